The Morgan fingerprint density at radius 1 is 1.05 bits per heavy atom. The number of hydrogen-bond acceptors (Lipinski definition) is 4. The van der Waals surface area contributed by atoms with Crippen LogP contribution in [-0.4, -0.2) is 43.2 Å². The lowest BCUT2D eigenvalue weighted by Crippen LogP contribution is -2.43. The molecule has 7 nitrogen and oxygen atoms in total. The molecule has 0 saturated heterocycles. The van der Waals surface area contributed by atoms with Gasteiger partial charge in [-0.3, -0.25) is 9.48 Å². The molecule has 0 radical (unpaired) electrons. The maximum atomic E-state index is 14.0. The monoisotopic (exact) mass is 498 g/mol. The average Bonchev–Trinajstić information content (AvgIpc) is 3.44. The highest BCUT2D eigenvalue weighted by Gasteiger charge is 2.39. The molecule has 0 bridgehead atoms. The minimum absolute atomic E-state index is 0.104. The number of carbonyl (C=O) groups is 1. The van der Waals surface area contributed by atoms with Gasteiger partial charge < -0.3 is 15.2 Å². The molecule has 2 aromatic heterocycles. The van der Waals surface area contributed by atoms with Crippen LogP contribution in [0.1, 0.15) is 60.8 Å². The van der Waals surface area contributed by atoms with Crippen molar-refractivity contribution in [2.75, 3.05) is 13.1 Å². The molecule has 0 aliphatic heterocycles. The molecule has 2 heterocycles. The van der Waals surface area contributed by atoms with Gasteiger partial charge in [-0.05, 0) is 36.9 Å². The van der Waals surface area contributed by atoms with E-state index in [1.165, 1.54) is 5.56 Å². The van der Waals surface area contributed by atoms with Crippen LogP contribution in [0.5, 0.6) is 0 Å². The van der Waals surface area contributed by atoms with E-state index in [4.69, 9.17) is 10.7 Å². The van der Waals surface area contributed by atoms with E-state index in [0.29, 0.717) is 31.7 Å². The molecule has 4 rings (SSSR count). The first-order valence-corrected chi connectivity index (χ1v) is 12.9. The fourth-order valence-corrected chi connectivity index (χ4v) is 4.72. The molecule has 0 spiro atoms. The number of nitrogens with two attached hydrogens (primary N) is 1. The van der Waals surface area contributed by atoms with Gasteiger partial charge in [0, 0.05) is 37.6 Å². The van der Waals surface area contributed by atoms with Crippen molar-refractivity contribution >= 4 is 5.91 Å². The lowest BCUT2D eigenvalue weighted by molar-refractivity contribution is 0.0476. The van der Waals surface area contributed by atoms with Gasteiger partial charge in [0.1, 0.15) is 5.82 Å². The highest BCUT2D eigenvalue weighted by atomic mass is 16.2. The van der Waals surface area contributed by atoms with Crippen molar-refractivity contribution in [1.82, 2.24) is 24.2 Å². The van der Waals surface area contributed by atoms with E-state index in [0.717, 1.165) is 22.8 Å². The van der Waals surface area contributed by atoms with Gasteiger partial charge in [-0.15, -0.1) is 0 Å². The Kier molecular flexibility index (Phi) is 7.93. The summed E-state index contributed by atoms with van der Waals surface area (Å²) >= 11 is 0. The summed E-state index contributed by atoms with van der Waals surface area (Å²) in [6.07, 6.45) is 2.79. The number of carbonyl (C=O) groups excluding carboxylic acids is 1. The first kappa shape index (κ1) is 26.4. The molecular formula is C30H38N6O. The third kappa shape index (κ3) is 6.00. The summed E-state index contributed by atoms with van der Waals surface area (Å²) in [5.41, 5.74) is 10.1. The smallest absolute Gasteiger partial charge is 0.275 e. The van der Waals surface area contributed by atoms with Gasteiger partial charge in [-0.2, -0.15) is 5.10 Å². The average molecular weight is 499 g/mol. The Bertz CT molecular complexity index is 1300. The van der Waals surface area contributed by atoms with Gasteiger partial charge in [-0.25, -0.2) is 4.98 Å². The van der Waals surface area contributed by atoms with Crippen LogP contribution in [0.25, 0.3) is 11.3 Å². The van der Waals surface area contributed by atoms with Crippen LogP contribution in [0.2, 0.25) is 0 Å². The maximum absolute atomic E-state index is 14.0. The molecule has 0 aliphatic rings. The number of nitrogens with zero attached hydrogens (tertiary/aromatic N) is 5. The van der Waals surface area contributed by atoms with Crippen molar-refractivity contribution < 1.29 is 4.79 Å². The number of aryl methyl sites for hydroxylation is 2. The Labute approximate surface area is 219 Å². The molecule has 0 saturated carbocycles. The van der Waals surface area contributed by atoms with E-state index in [9.17, 15) is 4.79 Å². The molecule has 2 N–H and O–H groups in total. The van der Waals surface area contributed by atoms with Crippen molar-refractivity contribution in [1.29, 1.82) is 0 Å². The van der Waals surface area contributed by atoms with E-state index in [2.05, 4.69) is 60.9 Å². The number of benzene rings is 2. The first-order valence-electron chi connectivity index (χ1n) is 12.9. The number of amides is 1. The van der Waals surface area contributed by atoms with E-state index >= 15 is 0 Å². The summed E-state index contributed by atoms with van der Waals surface area (Å²) in [5.74, 6) is 0.751. The lowest BCUT2D eigenvalue weighted by atomic mass is 9.84. The van der Waals surface area contributed by atoms with Crippen molar-refractivity contribution in [3.05, 3.63) is 95.7 Å². The van der Waals surface area contributed by atoms with Crippen LogP contribution >= 0.6 is 0 Å². The van der Waals surface area contributed by atoms with Crippen LogP contribution in [0.4, 0.5) is 0 Å². The SMILES string of the molecule is Cc1cc(C(=O)N(CCCN)[C@@H](c2nc(-c3ccccc3)cn2Cc2ccccc2)C(C)(C)C)nn1C. The Morgan fingerprint density at radius 3 is 2.27 bits per heavy atom. The second-order valence-electron chi connectivity index (χ2n) is 10.7. The number of imidazole rings is 1. The Hall–Kier alpha value is -3.71. The fourth-order valence-electron chi connectivity index (χ4n) is 4.72. The van der Waals surface area contributed by atoms with E-state index in [1.807, 2.05) is 61.3 Å². The maximum Gasteiger partial charge on any atom is 0.275 e. The van der Waals surface area contributed by atoms with Gasteiger partial charge in [0.15, 0.2) is 5.69 Å². The minimum Gasteiger partial charge on any atom is -0.330 e. The molecule has 0 aliphatic carbocycles. The van der Waals surface area contributed by atoms with Gasteiger partial charge in [0.25, 0.3) is 5.91 Å². The predicted molar refractivity (Wildman–Crippen MR) is 148 cm³/mol. The summed E-state index contributed by atoms with van der Waals surface area (Å²) in [7, 11) is 1.86. The van der Waals surface area contributed by atoms with Crippen LogP contribution < -0.4 is 5.73 Å². The fraction of sp³-hybridized carbons (Fsp3) is 0.367. The predicted octanol–water partition coefficient (Wildman–Crippen LogP) is 5.22. The molecule has 2 aromatic carbocycles. The third-order valence-corrected chi connectivity index (χ3v) is 6.65. The van der Waals surface area contributed by atoms with Gasteiger partial charge in [0.05, 0.1) is 11.7 Å². The molecule has 7 heteroatoms. The van der Waals surface area contributed by atoms with E-state index in [-0.39, 0.29) is 17.4 Å². The minimum atomic E-state index is -0.304. The Balaban J connectivity index is 1.86. The van der Waals surface area contributed by atoms with Crippen molar-refractivity contribution in [2.24, 2.45) is 18.2 Å². The zero-order valence-corrected chi connectivity index (χ0v) is 22.6. The molecular weight excluding hydrogens is 460 g/mol. The van der Waals surface area contributed by atoms with E-state index < -0.39 is 0 Å². The second kappa shape index (κ2) is 11.1. The summed E-state index contributed by atoms with van der Waals surface area (Å²) in [5, 5.41) is 4.51. The summed E-state index contributed by atoms with van der Waals surface area (Å²) in [4.78, 5) is 21.1. The summed E-state index contributed by atoms with van der Waals surface area (Å²) < 4.78 is 3.93. The quantitative estimate of drug-likeness (QED) is 0.343. The number of aromatic nitrogens is 4. The van der Waals surface area contributed by atoms with Crippen LogP contribution in [0.15, 0.2) is 72.9 Å². The standard InChI is InChI=1S/C30H38N6O/c1-22-19-25(33-34(22)5)29(37)36(18-12-17-31)27(30(2,3)4)28-32-26(24-15-10-7-11-16-24)21-35(28)20-23-13-8-6-9-14-23/h6-11,13-16,19,21,27H,12,17-18,20,31H2,1-5H3/t27-/m0/s1. The number of hydrogen-bond donors (Lipinski definition) is 1. The highest BCUT2D eigenvalue weighted by molar-refractivity contribution is 5.92. The summed E-state index contributed by atoms with van der Waals surface area (Å²) in [6.45, 7) is 10.1. The lowest BCUT2D eigenvalue weighted by Gasteiger charge is -2.39. The third-order valence-electron chi connectivity index (χ3n) is 6.65. The molecule has 1 amide bonds. The van der Waals surface area contributed by atoms with Crippen LogP contribution in [0.3, 0.4) is 0 Å². The molecule has 0 fully saturated rings. The zero-order valence-electron chi connectivity index (χ0n) is 22.6. The van der Waals surface area contributed by atoms with Gasteiger partial charge in [-0.1, -0.05) is 81.4 Å². The molecule has 4 aromatic rings. The summed E-state index contributed by atoms with van der Waals surface area (Å²) in [6, 6.07) is 22.1. The molecule has 194 valence electrons. The van der Waals surface area contributed by atoms with Crippen LogP contribution in [0, 0.1) is 12.3 Å². The zero-order chi connectivity index (χ0) is 26.6. The van der Waals surface area contributed by atoms with Gasteiger partial charge in [0.2, 0.25) is 0 Å². The highest BCUT2D eigenvalue weighted by Crippen LogP contribution is 2.39. The van der Waals surface area contributed by atoms with Gasteiger partial charge >= 0.3 is 0 Å². The van der Waals surface area contributed by atoms with Crippen molar-refractivity contribution in [2.45, 2.75) is 46.7 Å². The second-order valence-corrected chi connectivity index (χ2v) is 10.7. The molecule has 1 atom stereocenters. The number of rotatable bonds is 9. The Morgan fingerprint density at radius 2 is 1.70 bits per heavy atom. The van der Waals surface area contributed by atoms with E-state index in [1.54, 1.807) is 4.68 Å². The van der Waals surface area contributed by atoms with Crippen LogP contribution in [-0.2, 0) is 13.6 Å². The van der Waals surface area contributed by atoms with Crippen molar-refractivity contribution in [3.8, 4) is 11.3 Å². The largest absolute Gasteiger partial charge is 0.330 e. The normalized spacial score (nSPS) is 12.5. The van der Waals surface area contributed by atoms with Crippen molar-refractivity contribution in [3.63, 3.8) is 0 Å². The molecule has 37 heavy (non-hydrogen) atoms. The topological polar surface area (TPSA) is 82.0 Å². The molecule has 0 unspecified atom stereocenters. The first-order chi connectivity index (χ1) is 17.7.